The van der Waals surface area contributed by atoms with Crippen LogP contribution in [-0.2, 0) is 6.42 Å². The molecule has 2 aromatic carbocycles. The maximum Gasteiger partial charge on any atom is 0.249 e. The van der Waals surface area contributed by atoms with Crippen molar-refractivity contribution in [1.82, 2.24) is 15.2 Å². The molecule has 122 valence electrons. The summed E-state index contributed by atoms with van der Waals surface area (Å²) in [5.41, 5.74) is 3.43. The molecule has 0 aliphatic carbocycles. The lowest BCUT2D eigenvalue weighted by Gasteiger charge is -2.15. The van der Waals surface area contributed by atoms with Crippen LogP contribution in [0, 0.1) is 0 Å². The first-order chi connectivity index (χ1) is 11.8. The van der Waals surface area contributed by atoms with Crippen molar-refractivity contribution in [3.63, 3.8) is 0 Å². The number of benzene rings is 2. The van der Waals surface area contributed by atoms with Gasteiger partial charge in [0.25, 0.3) is 0 Å². The van der Waals surface area contributed by atoms with Crippen LogP contribution in [0.3, 0.4) is 0 Å². The second-order valence-electron chi connectivity index (χ2n) is 5.58. The molecular formula is C19H21N5. The summed E-state index contributed by atoms with van der Waals surface area (Å²) >= 11 is 0. The molecule has 5 nitrogen and oxygen atoms in total. The maximum atomic E-state index is 4.51. The Morgan fingerprint density at radius 1 is 1.00 bits per heavy atom. The van der Waals surface area contributed by atoms with Gasteiger partial charge in [-0.25, -0.2) is 0 Å². The number of anilines is 3. The molecule has 24 heavy (non-hydrogen) atoms. The number of hydrogen-bond acceptors (Lipinski definition) is 5. The van der Waals surface area contributed by atoms with Gasteiger partial charge in [0.05, 0.1) is 6.20 Å². The van der Waals surface area contributed by atoms with Gasteiger partial charge >= 0.3 is 0 Å². The van der Waals surface area contributed by atoms with Crippen molar-refractivity contribution in [2.45, 2.75) is 26.3 Å². The predicted molar refractivity (Wildman–Crippen MR) is 97.4 cm³/mol. The van der Waals surface area contributed by atoms with Crippen LogP contribution in [0.2, 0.25) is 0 Å². The highest BCUT2D eigenvalue weighted by Crippen LogP contribution is 2.21. The predicted octanol–water partition coefficient (Wildman–Crippen LogP) is 4.35. The average molecular weight is 319 g/mol. The van der Waals surface area contributed by atoms with E-state index in [0.717, 1.165) is 12.1 Å². The van der Waals surface area contributed by atoms with Gasteiger partial charge in [-0.1, -0.05) is 55.5 Å². The minimum Gasteiger partial charge on any atom is -0.362 e. The number of aromatic nitrogens is 3. The number of rotatable bonds is 6. The smallest absolute Gasteiger partial charge is 0.249 e. The Hall–Kier alpha value is -2.95. The van der Waals surface area contributed by atoms with Gasteiger partial charge in [0, 0.05) is 11.7 Å². The van der Waals surface area contributed by atoms with Crippen molar-refractivity contribution in [1.29, 1.82) is 0 Å². The largest absolute Gasteiger partial charge is 0.362 e. The van der Waals surface area contributed by atoms with Gasteiger partial charge < -0.3 is 10.6 Å². The summed E-state index contributed by atoms with van der Waals surface area (Å²) in [6, 6.07) is 18.5. The Morgan fingerprint density at radius 3 is 2.54 bits per heavy atom. The molecule has 0 aliphatic rings. The SMILES string of the molecule is CCc1ccccc1Nc1nncc(NC(C)c2ccccc2)n1. The van der Waals surface area contributed by atoms with Gasteiger partial charge in [0.1, 0.15) is 0 Å². The Labute approximate surface area is 142 Å². The summed E-state index contributed by atoms with van der Waals surface area (Å²) in [7, 11) is 0. The quantitative estimate of drug-likeness (QED) is 0.707. The molecule has 1 atom stereocenters. The van der Waals surface area contributed by atoms with Gasteiger partial charge in [-0.15, -0.1) is 5.10 Å². The zero-order valence-electron chi connectivity index (χ0n) is 13.9. The summed E-state index contributed by atoms with van der Waals surface area (Å²) in [5.74, 6) is 1.18. The molecule has 0 fully saturated rings. The zero-order chi connectivity index (χ0) is 16.8. The lowest BCUT2D eigenvalue weighted by molar-refractivity contribution is 0.861. The standard InChI is InChI=1S/C19H21N5/c1-3-15-9-7-8-12-17(15)22-19-23-18(13-20-24-19)21-14(2)16-10-5-4-6-11-16/h4-14H,3H2,1-2H3,(H2,21,22,23,24). The number of nitrogens with one attached hydrogen (secondary N) is 2. The topological polar surface area (TPSA) is 62.7 Å². The molecule has 2 N–H and O–H groups in total. The van der Waals surface area contributed by atoms with Crippen LogP contribution >= 0.6 is 0 Å². The van der Waals surface area contributed by atoms with Crippen LogP contribution in [0.4, 0.5) is 17.5 Å². The van der Waals surface area contributed by atoms with Crippen LogP contribution in [0.25, 0.3) is 0 Å². The second kappa shape index (κ2) is 7.55. The first-order valence-corrected chi connectivity index (χ1v) is 8.12. The second-order valence-corrected chi connectivity index (χ2v) is 5.58. The molecule has 0 saturated carbocycles. The van der Waals surface area contributed by atoms with E-state index in [2.05, 4.69) is 57.9 Å². The fourth-order valence-electron chi connectivity index (χ4n) is 2.54. The van der Waals surface area contributed by atoms with Crippen molar-refractivity contribution in [3.05, 3.63) is 71.9 Å². The molecule has 0 bridgehead atoms. The molecule has 0 aliphatic heterocycles. The zero-order valence-corrected chi connectivity index (χ0v) is 13.9. The minimum atomic E-state index is 0.138. The van der Waals surface area contributed by atoms with Gasteiger partial charge in [0.15, 0.2) is 5.82 Å². The lowest BCUT2D eigenvalue weighted by atomic mass is 10.1. The Balaban J connectivity index is 1.74. The molecule has 0 spiro atoms. The van der Waals surface area contributed by atoms with Crippen molar-refractivity contribution < 1.29 is 0 Å². The monoisotopic (exact) mass is 319 g/mol. The molecule has 3 aromatic rings. The lowest BCUT2D eigenvalue weighted by Crippen LogP contribution is -2.10. The molecule has 0 radical (unpaired) electrons. The van der Waals surface area contributed by atoms with Gasteiger partial charge in [-0.2, -0.15) is 10.1 Å². The highest BCUT2D eigenvalue weighted by molar-refractivity contribution is 5.59. The fraction of sp³-hybridized carbons (Fsp3) is 0.211. The Morgan fingerprint density at radius 2 is 1.75 bits per heavy atom. The van der Waals surface area contributed by atoms with Crippen LogP contribution in [-0.4, -0.2) is 15.2 Å². The molecule has 3 rings (SSSR count). The van der Waals surface area contributed by atoms with Gasteiger partial charge in [0.2, 0.25) is 5.95 Å². The van der Waals surface area contributed by atoms with Crippen LogP contribution < -0.4 is 10.6 Å². The fourth-order valence-corrected chi connectivity index (χ4v) is 2.54. The number of nitrogens with zero attached hydrogens (tertiary/aromatic N) is 3. The third kappa shape index (κ3) is 3.87. The molecule has 5 heteroatoms. The normalized spacial score (nSPS) is 11.8. The Bertz CT molecular complexity index is 789. The highest BCUT2D eigenvalue weighted by Gasteiger charge is 2.08. The maximum absolute atomic E-state index is 4.51. The highest BCUT2D eigenvalue weighted by atomic mass is 15.3. The van der Waals surface area contributed by atoms with Gasteiger partial charge in [-0.3, -0.25) is 0 Å². The van der Waals surface area contributed by atoms with Crippen LogP contribution in [0.1, 0.15) is 31.0 Å². The van der Waals surface area contributed by atoms with Crippen molar-refractivity contribution in [3.8, 4) is 0 Å². The van der Waals surface area contributed by atoms with Crippen LogP contribution in [0.15, 0.2) is 60.8 Å². The van der Waals surface area contributed by atoms with E-state index in [1.807, 2.05) is 36.4 Å². The van der Waals surface area contributed by atoms with Crippen molar-refractivity contribution in [2.75, 3.05) is 10.6 Å². The molecule has 1 aromatic heterocycles. The van der Waals surface area contributed by atoms with E-state index in [9.17, 15) is 0 Å². The summed E-state index contributed by atoms with van der Waals surface area (Å²) in [6.45, 7) is 4.22. The van der Waals surface area contributed by atoms with Crippen molar-refractivity contribution >= 4 is 17.5 Å². The molecule has 1 unspecified atom stereocenters. The molecular weight excluding hydrogens is 298 g/mol. The van der Waals surface area contributed by atoms with E-state index in [4.69, 9.17) is 0 Å². The third-order valence-electron chi connectivity index (χ3n) is 3.87. The summed E-state index contributed by atoms with van der Waals surface area (Å²) in [5, 5.41) is 14.7. The Kier molecular flexibility index (Phi) is 5.01. The first kappa shape index (κ1) is 15.9. The van der Waals surface area contributed by atoms with E-state index in [1.54, 1.807) is 6.20 Å². The minimum absolute atomic E-state index is 0.138. The van der Waals surface area contributed by atoms with Crippen molar-refractivity contribution in [2.24, 2.45) is 0 Å². The van der Waals surface area contributed by atoms with E-state index < -0.39 is 0 Å². The van der Waals surface area contributed by atoms with E-state index in [0.29, 0.717) is 11.8 Å². The third-order valence-corrected chi connectivity index (χ3v) is 3.87. The first-order valence-electron chi connectivity index (χ1n) is 8.12. The van der Waals surface area contributed by atoms with Crippen LogP contribution in [0.5, 0.6) is 0 Å². The number of aryl methyl sites for hydroxylation is 1. The number of para-hydroxylation sites is 1. The molecule has 0 saturated heterocycles. The van der Waals surface area contributed by atoms with E-state index in [-0.39, 0.29) is 6.04 Å². The summed E-state index contributed by atoms with van der Waals surface area (Å²) in [4.78, 5) is 4.51. The molecule has 0 amide bonds. The van der Waals surface area contributed by atoms with Gasteiger partial charge in [-0.05, 0) is 30.5 Å². The number of hydrogen-bond donors (Lipinski definition) is 2. The van der Waals surface area contributed by atoms with E-state index in [1.165, 1.54) is 11.1 Å². The summed E-state index contributed by atoms with van der Waals surface area (Å²) in [6.07, 6.45) is 2.58. The molecule has 1 heterocycles. The summed E-state index contributed by atoms with van der Waals surface area (Å²) < 4.78 is 0. The van der Waals surface area contributed by atoms with E-state index >= 15 is 0 Å². The average Bonchev–Trinajstić information content (AvgIpc) is 2.63.